The number of nitrogens with one attached hydrogen (secondary N) is 1. The molecule has 3 rings (SSSR count). The van der Waals surface area contributed by atoms with Crippen molar-refractivity contribution in [2.24, 2.45) is 0 Å². The number of nitrogens with zero attached hydrogens (tertiary/aromatic N) is 1. The molecule has 0 atom stereocenters. The molecule has 1 aromatic heterocycles. The fourth-order valence-electron chi connectivity index (χ4n) is 2.02. The van der Waals surface area contributed by atoms with Gasteiger partial charge in [0.15, 0.2) is 12.4 Å². The molecule has 5 nitrogen and oxygen atoms in total. The number of pyridine rings is 1. The predicted molar refractivity (Wildman–Crippen MR) is 86.3 cm³/mol. The van der Waals surface area contributed by atoms with Crippen molar-refractivity contribution in [3.8, 4) is 11.5 Å². The Bertz CT molecular complexity index is 802. The minimum Gasteiger partial charge on any atom is -0.619 e. The SMILES string of the molecule is O=C(Nc1ccc(Oc2ccccc2)cc1)c1ccc[n+]([O-])c1. The predicted octanol–water partition coefficient (Wildman–Crippen LogP) is 3.36. The van der Waals surface area contributed by atoms with E-state index < -0.39 is 0 Å². The minimum atomic E-state index is -0.341. The lowest BCUT2D eigenvalue weighted by atomic mass is 10.2. The van der Waals surface area contributed by atoms with Crippen LogP contribution in [-0.4, -0.2) is 5.91 Å². The molecule has 0 spiro atoms. The Hall–Kier alpha value is -3.34. The number of benzene rings is 2. The number of aromatic nitrogens is 1. The van der Waals surface area contributed by atoms with Crippen LogP contribution in [-0.2, 0) is 0 Å². The van der Waals surface area contributed by atoms with E-state index in [0.717, 1.165) is 5.75 Å². The molecule has 2 aromatic carbocycles. The fraction of sp³-hybridized carbons (Fsp3) is 0. The molecule has 0 saturated heterocycles. The van der Waals surface area contributed by atoms with Crippen molar-refractivity contribution in [3.63, 3.8) is 0 Å². The van der Waals surface area contributed by atoms with Crippen molar-refractivity contribution in [2.45, 2.75) is 0 Å². The Balaban J connectivity index is 1.67. The van der Waals surface area contributed by atoms with Crippen molar-refractivity contribution in [2.75, 3.05) is 5.32 Å². The number of hydrogen-bond donors (Lipinski definition) is 1. The van der Waals surface area contributed by atoms with Crippen LogP contribution in [0.25, 0.3) is 0 Å². The van der Waals surface area contributed by atoms with Gasteiger partial charge in [0.25, 0.3) is 5.91 Å². The number of carbonyl (C=O) groups excluding carboxylic acids is 1. The van der Waals surface area contributed by atoms with Gasteiger partial charge in [0.05, 0.1) is 0 Å². The van der Waals surface area contributed by atoms with Crippen molar-refractivity contribution in [1.29, 1.82) is 0 Å². The van der Waals surface area contributed by atoms with Crippen molar-refractivity contribution < 1.29 is 14.3 Å². The number of anilines is 1. The van der Waals surface area contributed by atoms with Gasteiger partial charge in [-0.15, -0.1) is 0 Å². The van der Waals surface area contributed by atoms with E-state index >= 15 is 0 Å². The molecule has 0 bridgehead atoms. The van der Waals surface area contributed by atoms with Crippen LogP contribution in [0.4, 0.5) is 5.69 Å². The van der Waals surface area contributed by atoms with E-state index in [2.05, 4.69) is 5.32 Å². The van der Waals surface area contributed by atoms with Crippen molar-refractivity contribution in [1.82, 2.24) is 0 Å². The monoisotopic (exact) mass is 306 g/mol. The summed E-state index contributed by atoms with van der Waals surface area (Å²) in [5.41, 5.74) is 0.920. The first-order valence-electron chi connectivity index (χ1n) is 7.04. The van der Waals surface area contributed by atoms with E-state index in [-0.39, 0.29) is 5.91 Å². The summed E-state index contributed by atoms with van der Waals surface area (Å²) in [6.45, 7) is 0. The first-order valence-corrected chi connectivity index (χ1v) is 7.04. The first-order chi connectivity index (χ1) is 11.2. The Morgan fingerprint density at radius 1 is 0.913 bits per heavy atom. The number of para-hydroxylation sites is 1. The molecule has 0 aliphatic heterocycles. The Kier molecular flexibility index (Phi) is 4.20. The van der Waals surface area contributed by atoms with Crippen LogP contribution < -0.4 is 14.8 Å². The quantitative estimate of drug-likeness (QED) is 0.593. The third-order valence-electron chi connectivity index (χ3n) is 3.13. The number of carbonyl (C=O) groups is 1. The average Bonchev–Trinajstić information content (AvgIpc) is 2.57. The summed E-state index contributed by atoms with van der Waals surface area (Å²) >= 11 is 0. The number of rotatable bonds is 4. The van der Waals surface area contributed by atoms with Gasteiger partial charge in [0.1, 0.15) is 17.1 Å². The summed E-state index contributed by atoms with van der Waals surface area (Å²) in [6, 6.07) is 19.6. The lowest BCUT2D eigenvalue weighted by molar-refractivity contribution is -0.605. The highest BCUT2D eigenvalue weighted by atomic mass is 16.5. The zero-order valence-corrected chi connectivity index (χ0v) is 12.2. The molecular formula is C18H14N2O3. The standard InChI is InChI=1S/C18H14N2O3/c21-18(14-5-4-12-20(22)13-14)19-15-8-10-17(11-9-15)23-16-6-2-1-3-7-16/h1-13H,(H,19,21). The lowest BCUT2D eigenvalue weighted by Crippen LogP contribution is -2.27. The van der Waals surface area contributed by atoms with Crippen LogP contribution in [0.1, 0.15) is 10.4 Å². The van der Waals surface area contributed by atoms with Crippen molar-refractivity contribution in [3.05, 3.63) is 89.9 Å². The highest BCUT2D eigenvalue weighted by Crippen LogP contribution is 2.22. The molecule has 114 valence electrons. The van der Waals surface area contributed by atoms with Gasteiger partial charge in [-0.25, -0.2) is 0 Å². The summed E-state index contributed by atoms with van der Waals surface area (Å²) in [5, 5.41) is 13.9. The smallest absolute Gasteiger partial charge is 0.261 e. The van der Waals surface area contributed by atoms with E-state index in [1.54, 1.807) is 30.3 Å². The molecule has 1 amide bonds. The molecule has 5 heteroatoms. The Morgan fingerprint density at radius 3 is 2.30 bits per heavy atom. The molecule has 0 aliphatic rings. The van der Waals surface area contributed by atoms with Gasteiger partial charge < -0.3 is 15.3 Å². The lowest BCUT2D eigenvalue weighted by Gasteiger charge is -2.08. The zero-order valence-electron chi connectivity index (χ0n) is 12.2. The topological polar surface area (TPSA) is 65.3 Å². The van der Waals surface area contributed by atoms with E-state index in [4.69, 9.17) is 4.74 Å². The fourth-order valence-corrected chi connectivity index (χ4v) is 2.02. The third-order valence-corrected chi connectivity index (χ3v) is 3.13. The van der Waals surface area contributed by atoms with E-state index in [1.807, 2.05) is 30.3 Å². The summed E-state index contributed by atoms with van der Waals surface area (Å²) in [7, 11) is 0. The largest absolute Gasteiger partial charge is 0.619 e. The normalized spacial score (nSPS) is 10.1. The number of ether oxygens (including phenoxy) is 1. The van der Waals surface area contributed by atoms with Gasteiger partial charge in [0, 0.05) is 11.8 Å². The van der Waals surface area contributed by atoms with Gasteiger partial charge in [-0.1, -0.05) is 18.2 Å². The highest BCUT2D eigenvalue weighted by Gasteiger charge is 2.09. The van der Waals surface area contributed by atoms with Gasteiger partial charge in [-0.3, -0.25) is 4.79 Å². The van der Waals surface area contributed by atoms with Crippen LogP contribution in [0.5, 0.6) is 11.5 Å². The molecule has 0 aliphatic carbocycles. The second-order valence-corrected chi connectivity index (χ2v) is 4.85. The van der Waals surface area contributed by atoms with Gasteiger partial charge in [-0.05, 0) is 42.5 Å². The summed E-state index contributed by atoms with van der Waals surface area (Å²) in [4.78, 5) is 12.0. The zero-order chi connectivity index (χ0) is 16.1. The van der Waals surface area contributed by atoms with Gasteiger partial charge in [-0.2, -0.15) is 4.73 Å². The third kappa shape index (κ3) is 3.85. The van der Waals surface area contributed by atoms with Crippen LogP contribution in [0.3, 0.4) is 0 Å². The van der Waals surface area contributed by atoms with Crippen LogP contribution in [0, 0.1) is 5.21 Å². The van der Waals surface area contributed by atoms with Crippen LogP contribution in [0.2, 0.25) is 0 Å². The average molecular weight is 306 g/mol. The first kappa shape index (κ1) is 14.6. The molecular weight excluding hydrogens is 292 g/mol. The van der Waals surface area contributed by atoms with E-state index in [1.165, 1.54) is 18.5 Å². The Labute approximate surface area is 133 Å². The van der Waals surface area contributed by atoms with E-state index in [0.29, 0.717) is 21.7 Å². The van der Waals surface area contributed by atoms with Crippen LogP contribution in [0.15, 0.2) is 79.1 Å². The maximum absolute atomic E-state index is 12.0. The molecule has 23 heavy (non-hydrogen) atoms. The minimum absolute atomic E-state index is 0.298. The summed E-state index contributed by atoms with van der Waals surface area (Å²) in [5.74, 6) is 1.08. The molecule has 1 heterocycles. The second-order valence-electron chi connectivity index (χ2n) is 4.85. The summed E-state index contributed by atoms with van der Waals surface area (Å²) < 4.78 is 6.27. The number of amides is 1. The summed E-state index contributed by atoms with van der Waals surface area (Å²) in [6.07, 6.45) is 2.55. The molecule has 0 fully saturated rings. The molecule has 1 N–H and O–H groups in total. The van der Waals surface area contributed by atoms with Gasteiger partial charge >= 0.3 is 0 Å². The van der Waals surface area contributed by atoms with E-state index in [9.17, 15) is 10.0 Å². The number of hydrogen-bond acceptors (Lipinski definition) is 3. The molecule has 0 saturated carbocycles. The van der Waals surface area contributed by atoms with Crippen LogP contribution >= 0.6 is 0 Å². The maximum Gasteiger partial charge on any atom is 0.261 e. The molecule has 0 unspecified atom stereocenters. The molecule has 0 radical (unpaired) electrons. The highest BCUT2D eigenvalue weighted by molar-refractivity contribution is 6.03. The maximum atomic E-state index is 12.0. The van der Waals surface area contributed by atoms with Gasteiger partial charge in [0.2, 0.25) is 0 Å². The molecule has 3 aromatic rings. The second kappa shape index (κ2) is 6.62. The van der Waals surface area contributed by atoms with Crippen molar-refractivity contribution >= 4 is 11.6 Å². The Morgan fingerprint density at radius 2 is 1.61 bits per heavy atom.